The van der Waals surface area contributed by atoms with Gasteiger partial charge < -0.3 is 5.32 Å². The van der Waals surface area contributed by atoms with Gasteiger partial charge in [-0.3, -0.25) is 9.59 Å². The van der Waals surface area contributed by atoms with E-state index in [9.17, 15) is 18.0 Å². The molecule has 0 saturated heterocycles. The second-order valence-corrected chi connectivity index (χ2v) is 13.3. The summed E-state index contributed by atoms with van der Waals surface area (Å²) in [7, 11) is -4.11. The van der Waals surface area contributed by atoms with Gasteiger partial charge in [0.2, 0.25) is 11.8 Å². The molecule has 1 heterocycles. The molecule has 0 spiro atoms. The number of thiazole rings is 1. The van der Waals surface area contributed by atoms with Crippen LogP contribution in [-0.4, -0.2) is 25.2 Å². The molecule has 1 atom stereocenters. The predicted octanol–water partition coefficient (Wildman–Crippen LogP) is 8.20. The molecule has 7 nitrogen and oxygen atoms in total. The third-order valence-corrected chi connectivity index (χ3v) is 9.76. The summed E-state index contributed by atoms with van der Waals surface area (Å²) in [5.74, 6) is -1.48. The normalized spacial score (nSPS) is 12.4. The second-order valence-electron chi connectivity index (χ2n) is 10.2. The highest BCUT2D eigenvalue weighted by Crippen LogP contribution is 2.30. The minimum absolute atomic E-state index is 0.146. The SMILES string of the molecule is CCCCCCCCCCCCCC(=O)NS(=O)(=O)c1ccc(Cl)c(NC(=O)C(C)c2nc3ccccc3s2)c1. The van der Waals surface area contributed by atoms with E-state index in [0.717, 1.165) is 29.5 Å². The molecule has 0 saturated carbocycles. The number of carbonyl (C=O) groups excluding carboxylic acids is 2. The van der Waals surface area contributed by atoms with Gasteiger partial charge >= 0.3 is 0 Å². The van der Waals surface area contributed by atoms with Crippen molar-refractivity contribution in [3.8, 4) is 0 Å². The van der Waals surface area contributed by atoms with Crippen LogP contribution in [0, 0.1) is 0 Å². The number of nitrogens with zero attached hydrogens (tertiary/aromatic N) is 1. The number of anilines is 1. The van der Waals surface area contributed by atoms with Gasteiger partial charge in [0.25, 0.3) is 10.0 Å². The lowest BCUT2D eigenvalue weighted by Gasteiger charge is -2.13. The van der Waals surface area contributed by atoms with Crippen LogP contribution in [-0.2, 0) is 19.6 Å². The molecule has 2 aromatic carbocycles. The van der Waals surface area contributed by atoms with Crippen molar-refractivity contribution in [1.82, 2.24) is 9.71 Å². The van der Waals surface area contributed by atoms with Crippen LogP contribution < -0.4 is 10.0 Å². The Morgan fingerprint density at radius 3 is 2.20 bits per heavy atom. The molecule has 1 aromatic heterocycles. The Kier molecular flexibility index (Phi) is 12.9. The fraction of sp³-hybridized carbons (Fsp3) is 0.500. The largest absolute Gasteiger partial charge is 0.324 e. The summed E-state index contributed by atoms with van der Waals surface area (Å²) in [6, 6.07) is 11.6. The molecular weight excluding hydrogens is 566 g/mol. The van der Waals surface area contributed by atoms with Gasteiger partial charge in [0, 0.05) is 6.42 Å². The van der Waals surface area contributed by atoms with Crippen molar-refractivity contribution in [3.05, 3.63) is 52.5 Å². The molecule has 0 aliphatic rings. The summed E-state index contributed by atoms with van der Waals surface area (Å²) >= 11 is 7.69. The molecule has 0 radical (unpaired) electrons. The molecule has 0 aliphatic heterocycles. The first-order valence-corrected chi connectivity index (χ1v) is 16.9. The van der Waals surface area contributed by atoms with Crippen molar-refractivity contribution < 1.29 is 18.0 Å². The average Bonchev–Trinajstić information content (AvgIpc) is 3.36. The molecule has 0 aliphatic carbocycles. The van der Waals surface area contributed by atoms with E-state index in [1.165, 1.54) is 74.5 Å². The van der Waals surface area contributed by atoms with E-state index in [2.05, 4.69) is 21.9 Å². The van der Waals surface area contributed by atoms with Crippen LogP contribution in [0.25, 0.3) is 10.2 Å². The van der Waals surface area contributed by atoms with Gasteiger partial charge in [-0.25, -0.2) is 18.1 Å². The topological polar surface area (TPSA) is 105 Å². The number of fused-ring (bicyclic) bond motifs is 1. The zero-order valence-electron chi connectivity index (χ0n) is 23.4. The number of unbranched alkanes of at least 4 members (excludes halogenated alkanes) is 10. The Labute approximate surface area is 247 Å². The maximum atomic E-state index is 12.9. The highest BCUT2D eigenvalue weighted by molar-refractivity contribution is 7.90. The van der Waals surface area contributed by atoms with Crippen LogP contribution in [0.1, 0.15) is 102 Å². The number of hydrogen-bond donors (Lipinski definition) is 2. The van der Waals surface area contributed by atoms with Gasteiger partial charge in [0.1, 0.15) is 5.01 Å². The van der Waals surface area contributed by atoms with Crippen molar-refractivity contribution in [1.29, 1.82) is 0 Å². The lowest BCUT2D eigenvalue weighted by atomic mass is 10.1. The van der Waals surface area contributed by atoms with Crippen molar-refractivity contribution in [2.75, 3.05) is 5.32 Å². The molecule has 0 fully saturated rings. The Morgan fingerprint density at radius 2 is 1.55 bits per heavy atom. The molecule has 2 amide bonds. The van der Waals surface area contributed by atoms with Crippen LogP contribution in [0.4, 0.5) is 5.69 Å². The first kappa shape index (κ1) is 32.0. The summed E-state index contributed by atoms with van der Waals surface area (Å²) in [5.41, 5.74) is 0.970. The van der Waals surface area contributed by atoms with E-state index in [0.29, 0.717) is 11.4 Å². The van der Waals surface area contributed by atoms with Crippen LogP contribution in [0.5, 0.6) is 0 Å². The minimum Gasteiger partial charge on any atom is -0.324 e. The van der Waals surface area contributed by atoms with Crippen molar-refractivity contribution in [2.24, 2.45) is 0 Å². The van der Waals surface area contributed by atoms with E-state index < -0.39 is 21.8 Å². The maximum Gasteiger partial charge on any atom is 0.264 e. The number of para-hydroxylation sites is 1. The summed E-state index contributed by atoms with van der Waals surface area (Å²) in [6.07, 6.45) is 12.8. The second kappa shape index (κ2) is 16.1. The van der Waals surface area contributed by atoms with Crippen LogP contribution >= 0.6 is 22.9 Å². The van der Waals surface area contributed by atoms with Gasteiger partial charge in [0.15, 0.2) is 0 Å². The number of nitrogens with one attached hydrogen (secondary N) is 2. The van der Waals surface area contributed by atoms with Crippen molar-refractivity contribution in [3.63, 3.8) is 0 Å². The van der Waals surface area contributed by atoms with Crippen molar-refractivity contribution >= 4 is 60.7 Å². The Balaban J connectivity index is 1.46. The van der Waals surface area contributed by atoms with Crippen LogP contribution in [0.15, 0.2) is 47.4 Å². The fourth-order valence-corrected chi connectivity index (χ4v) is 6.63. The lowest BCUT2D eigenvalue weighted by molar-refractivity contribution is -0.119. The van der Waals surface area contributed by atoms with Gasteiger partial charge in [-0.2, -0.15) is 0 Å². The van der Waals surface area contributed by atoms with E-state index in [1.807, 2.05) is 24.3 Å². The number of rotatable bonds is 17. The standard InChI is InChI=1S/C30H40ClN3O4S2/c1-3-4-5-6-7-8-9-10-11-12-13-18-28(35)34-40(37,38)23-19-20-24(31)26(21-23)32-29(36)22(2)30-33-25-16-14-15-17-27(25)39-30/h14-17,19-22H,3-13,18H2,1-2H3,(H,32,36)(H,34,35). The first-order chi connectivity index (χ1) is 19.2. The van der Waals surface area contributed by atoms with Crippen molar-refractivity contribution in [2.45, 2.75) is 102 Å². The molecule has 1 unspecified atom stereocenters. The van der Waals surface area contributed by atoms with E-state index in [1.54, 1.807) is 6.92 Å². The zero-order chi connectivity index (χ0) is 29.0. The van der Waals surface area contributed by atoms with E-state index >= 15 is 0 Å². The van der Waals surface area contributed by atoms with E-state index in [4.69, 9.17) is 11.6 Å². The summed E-state index contributed by atoms with van der Waals surface area (Å²) < 4.78 is 28.8. The number of carbonyl (C=O) groups is 2. The Morgan fingerprint density at radius 1 is 0.925 bits per heavy atom. The zero-order valence-corrected chi connectivity index (χ0v) is 25.8. The van der Waals surface area contributed by atoms with Gasteiger partial charge in [0.05, 0.1) is 31.7 Å². The molecule has 2 N–H and O–H groups in total. The highest BCUT2D eigenvalue weighted by atomic mass is 35.5. The monoisotopic (exact) mass is 605 g/mol. The molecule has 3 aromatic rings. The number of benzene rings is 2. The first-order valence-electron chi connectivity index (χ1n) is 14.2. The Bertz CT molecular complexity index is 1340. The third-order valence-electron chi connectivity index (χ3n) is 6.84. The Hall–Kier alpha value is -2.49. The van der Waals surface area contributed by atoms with E-state index in [-0.39, 0.29) is 27.9 Å². The maximum absolute atomic E-state index is 12.9. The lowest BCUT2D eigenvalue weighted by Crippen LogP contribution is -2.30. The number of amides is 2. The summed E-state index contributed by atoms with van der Waals surface area (Å²) in [5, 5.41) is 3.55. The molecule has 218 valence electrons. The molecule has 10 heteroatoms. The predicted molar refractivity (Wildman–Crippen MR) is 165 cm³/mol. The number of halogens is 1. The van der Waals surface area contributed by atoms with Gasteiger partial charge in [-0.05, 0) is 43.7 Å². The third kappa shape index (κ3) is 9.85. The van der Waals surface area contributed by atoms with Crippen LogP contribution in [0.3, 0.4) is 0 Å². The average molecular weight is 606 g/mol. The highest BCUT2D eigenvalue weighted by Gasteiger charge is 2.23. The fourth-order valence-electron chi connectivity index (χ4n) is 4.41. The summed E-state index contributed by atoms with van der Waals surface area (Å²) in [6.45, 7) is 3.95. The smallest absolute Gasteiger partial charge is 0.264 e. The molecular formula is C30H40ClN3O4S2. The van der Waals surface area contributed by atoms with Gasteiger partial charge in [-0.15, -0.1) is 11.3 Å². The molecule has 40 heavy (non-hydrogen) atoms. The van der Waals surface area contributed by atoms with Gasteiger partial charge in [-0.1, -0.05) is 94.9 Å². The molecule has 3 rings (SSSR count). The molecule has 0 bridgehead atoms. The number of aromatic nitrogens is 1. The quantitative estimate of drug-likeness (QED) is 0.151. The number of sulfonamides is 1. The van der Waals surface area contributed by atoms with Crippen LogP contribution in [0.2, 0.25) is 5.02 Å². The summed E-state index contributed by atoms with van der Waals surface area (Å²) in [4.78, 5) is 29.7. The number of hydrogen-bond acceptors (Lipinski definition) is 6. The minimum atomic E-state index is -4.11.